The molecule has 0 atom stereocenters. The first-order chi connectivity index (χ1) is 9.17. The topological polar surface area (TPSA) is 52.0 Å². The lowest BCUT2D eigenvalue weighted by atomic mass is 10.1. The number of aromatic nitrogens is 1. The Hall–Kier alpha value is -2.27. The molecule has 19 heavy (non-hydrogen) atoms. The molecule has 0 fully saturated rings. The maximum Gasteiger partial charge on any atom is 0.227 e. The summed E-state index contributed by atoms with van der Waals surface area (Å²) in [6.45, 7) is 0.438. The van der Waals surface area contributed by atoms with Crippen molar-refractivity contribution in [2.45, 2.75) is 6.54 Å². The molecule has 2 N–H and O–H groups in total. The van der Waals surface area contributed by atoms with Crippen LogP contribution >= 0.6 is 0 Å². The van der Waals surface area contributed by atoms with Gasteiger partial charge in [-0.25, -0.2) is 13.8 Å². The lowest BCUT2D eigenvalue weighted by Gasteiger charge is -1.97. The van der Waals surface area contributed by atoms with Gasteiger partial charge in [0, 0.05) is 24.2 Å². The average Bonchev–Trinajstić information content (AvgIpc) is 2.83. The SMILES string of the molecule is NCc1ccc(-c2nc3c(F)cc(F)cc3o2)cc1. The third kappa shape index (κ3) is 2.08. The van der Waals surface area contributed by atoms with E-state index in [1.807, 2.05) is 12.1 Å². The van der Waals surface area contributed by atoms with Crippen molar-refractivity contribution in [3.8, 4) is 11.5 Å². The Morgan fingerprint density at radius 3 is 2.53 bits per heavy atom. The van der Waals surface area contributed by atoms with E-state index in [2.05, 4.69) is 4.98 Å². The van der Waals surface area contributed by atoms with Crippen LogP contribution in [0, 0.1) is 11.6 Å². The number of hydrogen-bond acceptors (Lipinski definition) is 3. The average molecular weight is 260 g/mol. The Labute approximate surface area is 107 Å². The molecular formula is C14H10F2N2O. The lowest BCUT2D eigenvalue weighted by molar-refractivity contribution is 0.580. The zero-order chi connectivity index (χ0) is 13.4. The second-order valence-electron chi connectivity index (χ2n) is 4.15. The molecule has 3 rings (SSSR count). The van der Waals surface area contributed by atoms with Crippen molar-refractivity contribution in [2.24, 2.45) is 5.73 Å². The van der Waals surface area contributed by atoms with E-state index in [0.29, 0.717) is 12.1 Å². The zero-order valence-corrected chi connectivity index (χ0v) is 9.86. The van der Waals surface area contributed by atoms with Gasteiger partial charge in [0.15, 0.2) is 11.4 Å². The molecule has 0 aliphatic rings. The summed E-state index contributed by atoms with van der Waals surface area (Å²) in [5.74, 6) is -1.17. The molecule has 0 amide bonds. The van der Waals surface area contributed by atoms with Crippen LogP contribution in [0.25, 0.3) is 22.6 Å². The van der Waals surface area contributed by atoms with Crippen LogP contribution in [0.3, 0.4) is 0 Å². The fourth-order valence-corrected chi connectivity index (χ4v) is 1.86. The Kier molecular flexibility index (Phi) is 2.76. The number of benzene rings is 2. The summed E-state index contributed by atoms with van der Waals surface area (Å²) in [7, 11) is 0. The Bertz CT molecular complexity index is 735. The summed E-state index contributed by atoms with van der Waals surface area (Å²) >= 11 is 0. The van der Waals surface area contributed by atoms with E-state index in [0.717, 1.165) is 17.7 Å². The zero-order valence-electron chi connectivity index (χ0n) is 9.86. The Morgan fingerprint density at radius 2 is 1.84 bits per heavy atom. The fraction of sp³-hybridized carbons (Fsp3) is 0.0714. The van der Waals surface area contributed by atoms with Crippen molar-refractivity contribution in [2.75, 3.05) is 0 Å². The van der Waals surface area contributed by atoms with Crippen LogP contribution in [0.5, 0.6) is 0 Å². The molecule has 3 aromatic rings. The highest BCUT2D eigenvalue weighted by Gasteiger charge is 2.13. The van der Waals surface area contributed by atoms with E-state index in [-0.39, 0.29) is 17.0 Å². The third-order valence-electron chi connectivity index (χ3n) is 2.85. The van der Waals surface area contributed by atoms with E-state index in [9.17, 15) is 8.78 Å². The molecule has 0 aliphatic heterocycles. The minimum Gasteiger partial charge on any atom is -0.436 e. The summed E-state index contributed by atoms with van der Waals surface area (Å²) < 4.78 is 31.9. The van der Waals surface area contributed by atoms with E-state index in [4.69, 9.17) is 10.2 Å². The molecule has 1 heterocycles. The third-order valence-corrected chi connectivity index (χ3v) is 2.85. The van der Waals surface area contributed by atoms with Crippen molar-refractivity contribution in [1.82, 2.24) is 4.98 Å². The molecular weight excluding hydrogens is 250 g/mol. The van der Waals surface area contributed by atoms with E-state index < -0.39 is 11.6 Å². The van der Waals surface area contributed by atoms with Crippen molar-refractivity contribution >= 4 is 11.1 Å². The molecule has 96 valence electrons. The van der Waals surface area contributed by atoms with Gasteiger partial charge in [-0.05, 0) is 17.7 Å². The highest BCUT2D eigenvalue weighted by Crippen LogP contribution is 2.26. The van der Waals surface area contributed by atoms with Crippen LogP contribution in [0.15, 0.2) is 40.8 Å². The summed E-state index contributed by atoms with van der Waals surface area (Å²) in [6, 6.07) is 9.12. The second kappa shape index (κ2) is 4.44. The van der Waals surface area contributed by atoms with Gasteiger partial charge in [0.2, 0.25) is 5.89 Å². The van der Waals surface area contributed by atoms with Crippen molar-refractivity contribution < 1.29 is 13.2 Å². The summed E-state index contributed by atoms with van der Waals surface area (Å²) in [5, 5.41) is 0. The van der Waals surface area contributed by atoms with Gasteiger partial charge in [-0.1, -0.05) is 12.1 Å². The van der Waals surface area contributed by atoms with Crippen LogP contribution in [0.1, 0.15) is 5.56 Å². The number of hydrogen-bond donors (Lipinski definition) is 1. The molecule has 0 saturated heterocycles. The highest BCUT2D eigenvalue weighted by atomic mass is 19.1. The van der Waals surface area contributed by atoms with Crippen molar-refractivity contribution in [3.63, 3.8) is 0 Å². The predicted molar refractivity (Wildman–Crippen MR) is 67.3 cm³/mol. The van der Waals surface area contributed by atoms with Gasteiger partial charge in [-0.3, -0.25) is 0 Å². The standard InChI is InChI=1S/C14H10F2N2O/c15-10-5-11(16)13-12(6-10)19-14(18-13)9-3-1-8(7-17)2-4-9/h1-6H,7,17H2. The second-order valence-corrected chi connectivity index (χ2v) is 4.15. The van der Waals surface area contributed by atoms with Crippen LogP contribution in [-0.4, -0.2) is 4.98 Å². The summed E-state index contributed by atoms with van der Waals surface area (Å²) in [6.07, 6.45) is 0. The minimum absolute atomic E-state index is 0.0271. The molecule has 5 heteroatoms. The molecule has 0 unspecified atom stereocenters. The number of halogens is 2. The van der Waals surface area contributed by atoms with Crippen LogP contribution in [0.2, 0.25) is 0 Å². The quantitative estimate of drug-likeness (QED) is 0.769. The van der Waals surface area contributed by atoms with E-state index in [1.165, 1.54) is 0 Å². The fourth-order valence-electron chi connectivity index (χ4n) is 1.86. The first kappa shape index (κ1) is 11.8. The van der Waals surface area contributed by atoms with Crippen molar-refractivity contribution in [3.05, 3.63) is 53.6 Å². The molecule has 0 bridgehead atoms. The number of nitrogens with two attached hydrogens (primary N) is 1. The maximum absolute atomic E-state index is 13.5. The highest BCUT2D eigenvalue weighted by molar-refractivity contribution is 5.76. The predicted octanol–water partition coefficient (Wildman–Crippen LogP) is 3.23. The first-order valence-electron chi connectivity index (χ1n) is 5.72. The molecule has 0 aliphatic carbocycles. The minimum atomic E-state index is -0.733. The molecule has 0 saturated carbocycles. The van der Waals surface area contributed by atoms with Gasteiger partial charge >= 0.3 is 0 Å². The molecule has 2 aromatic carbocycles. The van der Waals surface area contributed by atoms with Crippen LogP contribution in [0.4, 0.5) is 8.78 Å². The van der Waals surface area contributed by atoms with E-state index in [1.54, 1.807) is 12.1 Å². The van der Waals surface area contributed by atoms with Gasteiger partial charge in [0.05, 0.1) is 0 Å². The van der Waals surface area contributed by atoms with Gasteiger partial charge in [0.25, 0.3) is 0 Å². The first-order valence-corrected chi connectivity index (χ1v) is 5.72. The molecule has 1 aromatic heterocycles. The van der Waals surface area contributed by atoms with Gasteiger partial charge in [-0.15, -0.1) is 0 Å². The summed E-state index contributed by atoms with van der Waals surface area (Å²) in [5.41, 5.74) is 7.28. The molecule has 3 nitrogen and oxygen atoms in total. The largest absolute Gasteiger partial charge is 0.436 e. The Balaban J connectivity index is 2.12. The van der Waals surface area contributed by atoms with Crippen molar-refractivity contribution in [1.29, 1.82) is 0 Å². The monoisotopic (exact) mass is 260 g/mol. The van der Waals surface area contributed by atoms with Gasteiger partial charge in [0.1, 0.15) is 11.3 Å². The van der Waals surface area contributed by atoms with Crippen LogP contribution < -0.4 is 5.73 Å². The molecule has 0 spiro atoms. The van der Waals surface area contributed by atoms with Crippen LogP contribution in [-0.2, 0) is 6.54 Å². The smallest absolute Gasteiger partial charge is 0.227 e. The normalized spacial score (nSPS) is 11.1. The lowest BCUT2D eigenvalue weighted by Crippen LogP contribution is -1.95. The maximum atomic E-state index is 13.5. The summed E-state index contributed by atoms with van der Waals surface area (Å²) in [4.78, 5) is 4.04. The molecule has 0 radical (unpaired) electrons. The van der Waals surface area contributed by atoms with E-state index >= 15 is 0 Å². The number of oxazole rings is 1. The number of fused-ring (bicyclic) bond motifs is 1. The Morgan fingerprint density at radius 1 is 1.11 bits per heavy atom. The van der Waals surface area contributed by atoms with Gasteiger partial charge < -0.3 is 10.2 Å². The number of rotatable bonds is 2. The number of nitrogens with zero attached hydrogens (tertiary/aromatic N) is 1. The van der Waals surface area contributed by atoms with Gasteiger partial charge in [-0.2, -0.15) is 0 Å².